The van der Waals surface area contributed by atoms with Gasteiger partial charge in [-0.1, -0.05) is 12.8 Å². The molecule has 0 aromatic rings. The first kappa shape index (κ1) is 9.71. The highest BCUT2D eigenvalue weighted by Crippen LogP contribution is 2.55. The number of carbonyl (C=O) groups is 1. The van der Waals surface area contributed by atoms with Gasteiger partial charge in [0, 0.05) is 11.5 Å². The van der Waals surface area contributed by atoms with E-state index in [1.807, 2.05) is 23.5 Å². The second-order valence-corrected chi connectivity index (χ2v) is 6.75. The molecule has 2 aliphatic rings. The number of carboxylic acids is 1. The monoisotopic (exact) mass is 218 g/mol. The molecule has 1 N–H and O–H groups in total. The van der Waals surface area contributed by atoms with Gasteiger partial charge in [-0.25, -0.2) is 0 Å². The van der Waals surface area contributed by atoms with Gasteiger partial charge in [0.2, 0.25) is 0 Å². The molecule has 1 saturated heterocycles. The first-order valence-corrected chi connectivity index (χ1v) is 6.72. The zero-order valence-electron chi connectivity index (χ0n) is 7.49. The molecular weight excluding hydrogens is 204 g/mol. The zero-order valence-corrected chi connectivity index (χ0v) is 9.12. The summed E-state index contributed by atoms with van der Waals surface area (Å²) < 4.78 is 0.0457. The van der Waals surface area contributed by atoms with E-state index in [0.29, 0.717) is 0 Å². The largest absolute Gasteiger partial charge is 0.481 e. The van der Waals surface area contributed by atoms with Gasteiger partial charge in [-0.15, -0.1) is 23.5 Å². The van der Waals surface area contributed by atoms with Crippen LogP contribution in [-0.2, 0) is 4.79 Å². The van der Waals surface area contributed by atoms with E-state index >= 15 is 0 Å². The maximum atomic E-state index is 11.1. The topological polar surface area (TPSA) is 37.3 Å². The highest BCUT2D eigenvalue weighted by molar-refractivity contribution is 8.21. The van der Waals surface area contributed by atoms with Crippen LogP contribution in [0.5, 0.6) is 0 Å². The predicted octanol–water partition coefficient (Wildman–Crippen LogP) is 2.44. The SMILES string of the molecule is O=C(O)C1CCCCC12SCCS2. The van der Waals surface area contributed by atoms with Crippen molar-refractivity contribution in [2.75, 3.05) is 11.5 Å². The van der Waals surface area contributed by atoms with E-state index in [1.165, 1.54) is 6.42 Å². The summed E-state index contributed by atoms with van der Waals surface area (Å²) in [6.07, 6.45) is 4.29. The van der Waals surface area contributed by atoms with Crippen molar-refractivity contribution in [3.8, 4) is 0 Å². The van der Waals surface area contributed by atoms with Crippen molar-refractivity contribution in [1.82, 2.24) is 0 Å². The number of aliphatic carboxylic acids is 1. The lowest BCUT2D eigenvalue weighted by Crippen LogP contribution is -2.37. The molecule has 13 heavy (non-hydrogen) atoms. The maximum absolute atomic E-state index is 11.1. The molecule has 2 rings (SSSR count). The Morgan fingerprint density at radius 2 is 2.00 bits per heavy atom. The lowest BCUT2D eigenvalue weighted by Gasteiger charge is -2.37. The average Bonchev–Trinajstić information content (AvgIpc) is 2.54. The molecule has 0 aromatic carbocycles. The fourth-order valence-electron chi connectivity index (χ4n) is 2.24. The molecule has 1 heterocycles. The minimum Gasteiger partial charge on any atom is -0.481 e. The van der Waals surface area contributed by atoms with Crippen molar-refractivity contribution >= 4 is 29.5 Å². The molecule has 0 radical (unpaired) electrons. The van der Waals surface area contributed by atoms with Crippen molar-refractivity contribution < 1.29 is 9.90 Å². The van der Waals surface area contributed by atoms with Crippen molar-refractivity contribution in [3.63, 3.8) is 0 Å². The minimum atomic E-state index is -0.582. The van der Waals surface area contributed by atoms with Gasteiger partial charge in [-0.2, -0.15) is 0 Å². The summed E-state index contributed by atoms with van der Waals surface area (Å²) in [5, 5.41) is 9.14. The van der Waals surface area contributed by atoms with Gasteiger partial charge in [-0.05, 0) is 12.8 Å². The summed E-state index contributed by atoms with van der Waals surface area (Å²) in [4.78, 5) is 11.1. The van der Waals surface area contributed by atoms with Crippen LogP contribution < -0.4 is 0 Å². The van der Waals surface area contributed by atoms with Gasteiger partial charge >= 0.3 is 5.97 Å². The fourth-order valence-corrected chi connectivity index (χ4v) is 5.85. The summed E-state index contributed by atoms with van der Waals surface area (Å²) in [6.45, 7) is 0. The first-order chi connectivity index (χ1) is 6.25. The molecule has 1 unspecified atom stereocenters. The van der Waals surface area contributed by atoms with Gasteiger partial charge in [0.15, 0.2) is 0 Å². The van der Waals surface area contributed by atoms with E-state index in [1.54, 1.807) is 0 Å². The molecule has 2 fully saturated rings. The van der Waals surface area contributed by atoms with Crippen LogP contribution in [0.3, 0.4) is 0 Å². The molecule has 1 aliphatic heterocycles. The summed E-state index contributed by atoms with van der Waals surface area (Å²) in [7, 11) is 0. The standard InChI is InChI=1S/C9H14O2S2/c10-8(11)7-3-1-2-4-9(7)12-5-6-13-9/h7H,1-6H2,(H,10,11). The summed E-state index contributed by atoms with van der Waals surface area (Å²) >= 11 is 3.77. The molecule has 1 aliphatic carbocycles. The van der Waals surface area contributed by atoms with Crippen LogP contribution >= 0.6 is 23.5 Å². The van der Waals surface area contributed by atoms with Gasteiger partial charge < -0.3 is 5.11 Å². The average molecular weight is 218 g/mol. The van der Waals surface area contributed by atoms with Crippen LogP contribution in [0.2, 0.25) is 0 Å². The molecular formula is C9H14O2S2. The number of hydrogen-bond acceptors (Lipinski definition) is 3. The van der Waals surface area contributed by atoms with Gasteiger partial charge in [-0.3, -0.25) is 4.79 Å². The van der Waals surface area contributed by atoms with Crippen LogP contribution in [0.25, 0.3) is 0 Å². The Bertz CT molecular complexity index is 212. The Morgan fingerprint density at radius 1 is 1.31 bits per heavy atom. The number of hydrogen-bond donors (Lipinski definition) is 1. The molecule has 74 valence electrons. The third-order valence-electron chi connectivity index (χ3n) is 2.87. The van der Waals surface area contributed by atoms with Crippen LogP contribution in [0.15, 0.2) is 0 Å². The number of carboxylic acid groups (broad SMARTS) is 1. The Balaban J connectivity index is 2.16. The molecule has 1 spiro atoms. The van der Waals surface area contributed by atoms with E-state index in [2.05, 4.69) is 0 Å². The van der Waals surface area contributed by atoms with Crippen LogP contribution in [0.1, 0.15) is 25.7 Å². The van der Waals surface area contributed by atoms with E-state index < -0.39 is 5.97 Å². The smallest absolute Gasteiger partial charge is 0.308 e. The van der Waals surface area contributed by atoms with Crippen LogP contribution in [0, 0.1) is 5.92 Å². The Labute approximate surface area is 86.8 Å². The van der Waals surface area contributed by atoms with Crippen molar-refractivity contribution in [2.24, 2.45) is 5.92 Å². The van der Waals surface area contributed by atoms with E-state index in [9.17, 15) is 4.79 Å². The third kappa shape index (κ3) is 1.71. The summed E-state index contributed by atoms with van der Waals surface area (Å²) in [6, 6.07) is 0. The summed E-state index contributed by atoms with van der Waals surface area (Å²) in [5.41, 5.74) is 0. The first-order valence-electron chi connectivity index (χ1n) is 4.75. The molecule has 2 nitrogen and oxygen atoms in total. The summed E-state index contributed by atoms with van der Waals surface area (Å²) in [5.74, 6) is 1.59. The fraction of sp³-hybridized carbons (Fsp3) is 0.889. The quantitative estimate of drug-likeness (QED) is 0.733. The Kier molecular flexibility index (Phi) is 2.79. The van der Waals surface area contributed by atoms with E-state index in [0.717, 1.165) is 30.8 Å². The van der Waals surface area contributed by atoms with Crippen molar-refractivity contribution in [2.45, 2.75) is 29.8 Å². The predicted molar refractivity (Wildman–Crippen MR) is 57.2 cm³/mol. The number of rotatable bonds is 1. The zero-order chi connectivity index (χ0) is 9.31. The van der Waals surface area contributed by atoms with Crippen molar-refractivity contribution in [3.05, 3.63) is 0 Å². The lowest BCUT2D eigenvalue weighted by molar-refractivity contribution is -0.142. The highest BCUT2D eigenvalue weighted by atomic mass is 32.2. The number of thioether (sulfide) groups is 2. The molecule has 0 bridgehead atoms. The lowest BCUT2D eigenvalue weighted by atomic mass is 9.88. The van der Waals surface area contributed by atoms with Gasteiger partial charge in [0.05, 0.1) is 10.00 Å². The van der Waals surface area contributed by atoms with Crippen molar-refractivity contribution in [1.29, 1.82) is 0 Å². The van der Waals surface area contributed by atoms with Gasteiger partial charge in [0.25, 0.3) is 0 Å². The molecule has 0 aromatic heterocycles. The maximum Gasteiger partial charge on any atom is 0.308 e. The molecule has 0 amide bonds. The Hall–Kier alpha value is 0.170. The Morgan fingerprint density at radius 3 is 2.62 bits per heavy atom. The van der Waals surface area contributed by atoms with Crippen LogP contribution in [-0.4, -0.2) is 26.7 Å². The van der Waals surface area contributed by atoms with Gasteiger partial charge in [0.1, 0.15) is 0 Å². The van der Waals surface area contributed by atoms with E-state index in [-0.39, 0.29) is 10.00 Å². The third-order valence-corrected chi connectivity index (χ3v) is 6.61. The van der Waals surface area contributed by atoms with Crippen LogP contribution in [0.4, 0.5) is 0 Å². The normalized spacial score (nSPS) is 32.2. The molecule has 4 heteroatoms. The second-order valence-electron chi connectivity index (χ2n) is 3.65. The molecule has 1 atom stereocenters. The second kappa shape index (κ2) is 3.73. The van der Waals surface area contributed by atoms with E-state index in [4.69, 9.17) is 5.11 Å². The molecule has 1 saturated carbocycles. The minimum absolute atomic E-state index is 0.0457. The highest BCUT2D eigenvalue weighted by Gasteiger charge is 2.47.